The summed E-state index contributed by atoms with van der Waals surface area (Å²) in [6.45, 7) is 8.77. The average molecular weight is 859 g/mol. The molecule has 61 heavy (non-hydrogen) atoms. The first kappa shape index (κ1) is 43.1. The lowest BCUT2D eigenvalue weighted by atomic mass is 10.1. The fourth-order valence-electron chi connectivity index (χ4n) is 7.62. The molecular formula is C43H50N6O11S. The fourth-order valence-corrected chi connectivity index (χ4v) is 8.98. The third kappa shape index (κ3) is 9.48. The van der Waals surface area contributed by atoms with E-state index in [0.29, 0.717) is 40.9 Å². The van der Waals surface area contributed by atoms with Gasteiger partial charge in [-0.1, -0.05) is 36.4 Å². The van der Waals surface area contributed by atoms with Gasteiger partial charge >= 0.3 is 6.09 Å². The third-order valence-corrected chi connectivity index (χ3v) is 13.0. The Hall–Kier alpha value is -6.04. The number of pyridine rings is 1. The molecule has 17 nitrogen and oxygen atoms in total. The highest BCUT2D eigenvalue weighted by Gasteiger charge is 2.62. The van der Waals surface area contributed by atoms with Crippen molar-refractivity contribution < 1.29 is 51.4 Å². The number of rotatable bonds is 15. The van der Waals surface area contributed by atoms with Crippen LogP contribution in [0.25, 0.3) is 22.2 Å². The number of likely N-dealkylation sites (tertiary alicyclic amines) is 2. The molecule has 7 rings (SSSR count). The van der Waals surface area contributed by atoms with E-state index in [1.807, 2.05) is 30.3 Å². The number of carbonyl (C=O) groups is 6. The van der Waals surface area contributed by atoms with Crippen LogP contribution >= 0.6 is 0 Å². The van der Waals surface area contributed by atoms with Gasteiger partial charge < -0.3 is 29.7 Å². The van der Waals surface area contributed by atoms with Crippen LogP contribution in [0.15, 0.2) is 67.3 Å². The van der Waals surface area contributed by atoms with E-state index in [9.17, 15) is 37.2 Å². The van der Waals surface area contributed by atoms with Gasteiger partial charge in [-0.15, -0.1) is 6.58 Å². The minimum absolute atomic E-state index is 0.0732. The molecule has 0 bridgehead atoms. The van der Waals surface area contributed by atoms with Gasteiger partial charge in [-0.05, 0) is 58.6 Å². The molecule has 324 valence electrons. The van der Waals surface area contributed by atoms with Gasteiger partial charge in [-0.25, -0.2) is 18.2 Å². The molecule has 4 aliphatic rings. The molecule has 1 aromatic heterocycles. The number of alkyl carbamates (subject to hydrolysis) is 1. The summed E-state index contributed by atoms with van der Waals surface area (Å²) >= 11 is 0. The topological polar surface area (TPSA) is 220 Å². The molecule has 2 aliphatic heterocycles. The zero-order valence-corrected chi connectivity index (χ0v) is 35.3. The molecule has 4 fully saturated rings. The Bertz CT molecular complexity index is 2380. The molecule has 3 N–H and O–H groups in total. The first-order valence-corrected chi connectivity index (χ1v) is 21.8. The van der Waals surface area contributed by atoms with Crippen molar-refractivity contribution in [2.75, 3.05) is 20.2 Å². The number of aromatic nitrogens is 1. The van der Waals surface area contributed by atoms with Crippen LogP contribution in [0.3, 0.4) is 0 Å². The number of fused-ring (bicyclic) bond motifs is 1. The normalized spacial score (nSPS) is 22.7. The van der Waals surface area contributed by atoms with E-state index in [1.54, 1.807) is 52.1 Å². The zero-order chi connectivity index (χ0) is 43.9. The summed E-state index contributed by atoms with van der Waals surface area (Å²) in [7, 11) is -2.43. The van der Waals surface area contributed by atoms with E-state index < -0.39 is 80.2 Å². The summed E-state index contributed by atoms with van der Waals surface area (Å²) in [6, 6.07) is 13.8. The summed E-state index contributed by atoms with van der Waals surface area (Å²) in [5.74, 6) is -2.93. The number of sulfonamides is 1. The van der Waals surface area contributed by atoms with E-state index in [2.05, 4.69) is 21.9 Å². The fraction of sp³-hybridized carbons (Fsp3) is 0.465. The molecule has 0 radical (unpaired) electrons. The zero-order valence-electron chi connectivity index (χ0n) is 34.5. The number of ether oxygens (including phenoxy) is 3. The van der Waals surface area contributed by atoms with Crippen LogP contribution in [-0.4, -0.2) is 114 Å². The summed E-state index contributed by atoms with van der Waals surface area (Å²) in [5.41, 5.74) is -0.653. The lowest BCUT2D eigenvalue weighted by Crippen LogP contribution is -2.58. The van der Waals surface area contributed by atoms with Crippen LogP contribution < -0.4 is 24.8 Å². The van der Waals surface area contributed by atoms with Gasteiger partial charge in [0.25, 0.3) is 5.91 Å². The highest BCUT2D eigenvalue weighted by Crippen LogP contribution is 2.46. The van der Waals surface area contributed by atoms with Crippen molar-refractivity contribution in [2.45, 2.75) is 100 Å². The number of imide groups is 1. The van der Waals surface area contributed by atoms with Crippen LogP contribution in [0, 0.1) is 5.92 Å². The summed E-state index contributed by atoms with van der Waals surface area (Å²) in [5, 5.41) is 5.25. The number of β-lactam (4-membered cyclic amide) rings is 1. The molecule has 2 saturated carbocycles. The van der Waals surface area contributed by atoms with E-state index in [0.717, 1.165) is 10.5 Å². The minimum Gasteiger partial charge on any atom is -0.497 e. The Morgan fingerprint density at radius 2 is 1.80 bits per heavy atom. The van der Waals surface area contributed by atoms with Gasteiger partial charge in [-0.2, -0.15) is 0 Å². The number of amides is 6. The lowest BCUT2D eigenvalue weighted by molar-refractivity contribution is -0.152. The van der Waals surface area contributed by atoms with Crippen molar-refractivity contribution in [3.05, 3.63) is 67.3 Å². The summed E-state index contributed by atoms with van der Waals surface area (Å²) < 4.78 is 45.4. The van der Waals surface area contributed by atoms with E-state index >= 15 is 0 Å². The largest absolute Gasteiger partial charge is 0.497 e. The van der Waals surface area contributed by atoms with E-state index in [4.69, 9.17) is 19.2 Å². The Balaban J connectivity index is 1.21. The van der Waals surface area contributed by atoms with E-state index in [1.165, 1.54) is 11.0 Å². The maximum Gasteiger partial charge on any atom is 0.408 e. The summed E-state index contributed by atoms with van der Waals surface area (Å²) in [4.78, 5) is 88.2. The van der Waals surface area contributed by atoms with Gasteiger partial charge in [0, 0.05) is 54.8 Å². The molecule has 18 heteroatoms. The molecular weight excluding hydrogens is 809 g/mol. The molecule has 3 heterocycles. The van der Waals surface area contributed by atoms with Crippen molar-refractivity contribution >= 4 is 56.6 Å². The van der Waals surface area contributed by atoms with Crippen molar-refractivity contribution in [2.24, 2.45) is 5.92 Å². The van der Waals surface area contributed by atoms with Crippen LogP contribution in [0.1, 0.15) is 65.7 Å². The quantitative estimate of drug-likeness (QED) is 0.148. The number of nitrogens with one attached hydrogen (secondary N) is 3. The minimum atomic E-state index is -3.97. The second-order valence-electron chi connectivity index (χ2n) is 16.8. The smallest absolute Gasteiger partial charge is 0.408 e. The van der Waals surface area contributed by atoms with Crippen LogP contribution in [-0.2, 0) is 38.7 Å². The van der Waals surface area contributed by atoms with Crippen molar-refractivity contribution in [3.8, 4) is 22.8 Å². The average Bonchev–Trinajstić information content (AvgIpc) is 4.14. The van der Waals surface area contributed by atoms with Gasteiger partial charge in [0.2, 0.25) is 33.7 Å². The molecule has 2 aliphatic carbocycles. The Morgan fingerprint density at radius 1 is 1.07 bits per heavy atom. The third-order valence-electron chi connectivity index (χ3n) is 11.2. The first-order chi connectivity index (χ1) is 28.9. The highest BCUT2D eigenvalue weighted by atomic mass is 32.2. The predicted octanol–water partition coefficient (Wildman–Crippen LogP) is 3.36. The molecule has 5 unspecified atom stereocenters. The van der Waals surface area contributed by atoms with Crippen molar-refractivity contribution in [1.82, 2.24) is 30.1 Å². The molecule has 6 amide bonds. The molecule has 0 spiro atoms. The van der Waals surface area contributed by atoms with Gasteiger partial charge in [-0.3, -0.25) is 33.6 Å². The van der Waals surface area contributed by atoms with Crippen LogP contribution in [0.2, 0.25) is 0 Å². The lowest BCUT2D eigenvalue weighted by Gasteiger charge is -2.31. The SMILES string of the molecule is C=CC1CC1(NC(=O)C1CC(Oc2cc(-c3ccccc3)nc3cc(OC)ccc23)CN1C(=O)C(CCC(=O)N1CCC1=O)NC(=O)OC(C)(C)C)C(=O)NS(=O)(=O)C1CC1. The van der Waals surface area contributed by atoms with Gasteiger partial charge in [0.15, 0.2) is 0 Å². The number of nitrogens with zero attached hydrogens (tertiary/aromatic N) is 3. The number of hydrogen-bond donors (Lipinski definition) is 3. The molecule has 5 atom stereocenters. The van der Waals surface area contributed by atoms with E-state index in [-0.39, 0.29) is 51.1 Å². The van der Waals surface area contributed by atoms with Crippen LogP contribution in [0.4, 0.5) is 4.79 Å². The van der Waals surface area contributed by atoms with Crippen LogP contribution in [0.5, 0.6) is 11.5 Å². The summed E-state index contributed by atoms with van der Waals surface area (Å²) in [6.07, 6.45) is 0.196. The number of carbonyl (C=O) groups excluding carboxylic acids is 6. The van der Waals surface area contributed by atoms with Crippen molar-refractivity contribution in [3.63, 3.8) is 0 Å². The second-order valence-corrected chi connectivity index (χ2v) is 18.8. The van der Waals surface area contributed by atoms with Gasteiger partial charge in [0.05, 0.1) is 30.1 Å². The molecule has 2 saturated heterocycles. The molecule has 3 aromatic rings. The molecule has 2 aromatic carbocycles. The maximum atomic E-state index is 14.7. The number of hydrogen-bond acceptors (Lipinski definition) is 12. The second kappa shape index (κ2) is 16.8. The van der Waals surface area contributed by atoms with Crippen molar-refractivity contribution in [1.29, 1.82) is 0 Å². The number of methoxy groups -OCH3 is 1. The standard InChI is InChI=1S/C43H50N6O11S/c1-6-26-23-43(26,40(54)47-61(56,57)29-13-14-29)46-38(52)34-21-28(59-35-22-32(25-10-8-7-9-11-25)44-33-20-27(58-5)12-15-30(33)35)24-49(34)39(53)31(45-41(55)60-42(2,3)4)16-17-36(50)48-19-18-37(48)51/h6-12,15,20,22,26,28-29,31,34H,1,13-14,16-19,21,23-24H2,2-5H3,(H,45,55)(H,46,52)(H,47,54). The maximum absolute atomic E-state index is 14.7. The first-order valence-electron chi connectivity index (χ1n) is 20.3. The predicted molar refractivity (Wildman–Crippen MR) is 221 cm³/mol. The highest BCUT2D eigenvalue weighted by molar-refractivity contribution is 7.91. The number of benzene rings is 2. The Kier molecular flexibility index (Phi) is 11.8. The Morgan fingerprint density at radius 3 is 2.41 bits per heavy atom. The monoisotopic (exact) mass is 858 g/mol. The van der Waals surface area contributed by atoms with Gasteiger partial charge in [0.1, 0.15) is 40.8 Å². The Labute approximate surface area is 353 Å².